The quantitative estimate of drug-likeness (QED) is 0.621. The van der Waals surface area contributed by atoms with Gasteiger partial charge in [0, 0.05) is 14.2 Å². The second-order valence-corrected chi connectivity index (χ2v) is 3.20. The maximum absolute atomic E-state index is 9.77. The molecule has 4 unspecified atom stereocenters. The van der Waals surface area contributed by atoms with E-state index < -0.39 is 18.5 Å². The molecular weight excluding hydrogens is 200 g/mol. The lowest BCUT2D eigenvalue weighted by Crippen LogP contribution is -2.36. The second kappa shape index (κ2) is 6.05. The molecule has 0 aromatic heterocycles. The van der Waals surface area contributed by atoms with Crippen molar-refractivity contribution in [1.82, 2.24) is 0 Å². The molecule has 1 N–H and O–H groups in total. The Morgan fingerprint density at radius 3 is 2.73 bits per heavy atom. The molecular formula is C10H16O5. The maximum atomic E-state index is 9.77. The van der Waals surface area contributed by atoms with Crippen LogP contribution in [0.25, 0.3) is 0 Å². The Morgan fingerprint density at radius 1 is 1.47 bits per heavy atom. The fraction of sp³-hybridized carbons (Fsp3) is 0.800. The lowest BCUT2D eigenvalue weighted by atomic mass is 10.1. The van der Waals surface area contributed by atoms with Gasteiger partial charge in [-0.3, -0.25) is 0 Å². The summed E-state index contributed by atoms with van der Waals surface area (Å²) in [6.45, 7) is 0.434. The number of aliphatic hydroxyl groups is 1. The minimum Gasteiger partial charge on any atom is -0.385 e. The third-order valence-electron chi connectivity index (χ3n) is 2.22. The fourth-order valence-corrected chi connectivity index (χ4v) is 1.56. The van der Waals surface area contributed by atoms with E-state index in [1.54, 1.807) is 7.11 Å². The van der Waals surface area contributed by atoms with Crippen molar-refractivity contribution < 1.29 is 24.1 Å². The molecule has 0 bridgehead atoms. The summed E-state index contributed by atoms with van der Waals surface area (Å²) in [6.07, 6.45) is 2.67. The first-order valence-electron chi connectivity index (χ1n) is 4.65. The molecule has 1 aliphatic heterocycles. The molecule has 1 saturated heterocycles. The Bertz CT molecular complexity index is 224. The van der Waals surface area contributed by atoms with Gasteiger partial charge in [-0.05, 0) is 0 Å². The highest BCUT2D eigenvalue weighted by atomic mass is 16.7. The van der Waals surface area contributed by atoms with Crippen LogP contribution in [-0.4, -0.2) is 57.1 Å². The van der Waals surface area contributed by atoms with Crippen molar-refractivity contribution in [3.8, 4) is 12.3 Å². The Hall–Kier alpha value is -0.640. The first-order valence-corrected chi connectivity index (χ1v) is 4.65. The van der Waals surface area contributed by atoms with Gasteiger partial charge in [0.05, 0.1) is 6.61 Å². The van der Waals surface area contributed by atoms with Crippen LogP contribution in [0.2, 0.25) is 0 Å². The molecule has 0 aromatic carbocycles. The SMILES string of the molecule is C#CCOC1OC(COC)C(OC)C1O. The Balaban J connectivity index is 2.53. The summed E-state index contributed by atoms with van der Waals surface area (Å²) >= 11 is 0. The van der Waals surface area contributed by atoms with Crippen LogP contribution in [0, 0.1) is 12.3 Å². The van der Waals surface area contributed by atoms with E-state index in [1.807, 2.05) is 0 Å². The van der Waals surface area contributed by atoms with Crippen LogP contribution in [0.1, 0.15) is 0 Å². The molecule has 0 saturated carbocycles. The number of hydrogen-bond donors (Lipinski definition) is 1. The van der Waals surface area contributed by atoms with E-state index in [4.69, 9.17) is 25.4 Å². The van der Waals surface area contributed by atoms with E-state index in [-0.39, 0.29) is 12.7 Å². The average molecular weight is 216 g/mol. The highest BCUT2D eigenvalue weighted by molar-refractivity contribution is 4.90. The molecule has 5 nitrogen and oxygen atoms in total. The first-order chi connectivity index (χ1) is 7.24. The molecule has 1 heterocycles. The predicted molar refractivity (Wildman–Crippen MR) is 52.1 cm³/mol. The molecule has 15 heavy (non-hydrogen) atoms. The first kappa shape index (κ1) is 12.4. The molecule has 4 atom stereocenters. The van der Waals surface area contributed by atoms with Crippen molar-refractivity contribution >= 4 is 0 Å². The summed E-state index contributed by atoms with van der Waals surface area (Å²) in [7, 11) is 3.06. The second-order valence-electron chi connectivity index (χ2n) is 3.20. The molecule has 0 radical (unpaired) electrons. The molecule has 1 fully saturated rings. The van der Waals surface area contributed by atoms with Gasteiger partial charge in [-0.1, -0.05) is 5.92 Å². The van der Waals surface area contributed by atoms with Gasteiger partial charge >= 0.3 is 0 Å². The van der Waals surface area contributed by atoms with E-state index >= 15 is 0 Å². The lowest BCUT2D eigenvalue weighted by molar-refractivity contribution is -0.162. The van der Waals surface area contributed by atoms with Crippen LogP contribution in [0.3, 0.4) is 0 Å². The molecule has 0 aliphatic carbocycles. The van der Waals surface area contributed by atoms with Gasteiger partial charge in [0.2, 0.25) is 0 Å². The van der Waals surface area contributed by atoms with E-state index in [1.165, 1.54) is 7.11 Å². The van der Waals surface area contributed by atoms with Gasteiger partial charge in [0.15, 0.2) is 6.29 Å². The van der Waals surface area contributed by atoms with E-state index in [2.05, 4.69) is 5.92 Å². The monoisotopic (exact) mass is 216 g/mol. The number of aliphatic hydroxyl groups excluding tert-OH is 1. The van der Waals surface area contributed by atoms with Crippen molar-refractivity contribution in [2.24, 2.45) is 0 Å². The number of ether oxygens (including phenoxy) is 4. The minimum atomic E-state index is -0.844. The molecule has 1 rings (SSSR count). The van der Waals surface area contributed by atoms with E-state index in [9.17, 15) is 5.11 Å². The van der Waals surface area contributed by atoms with Crippen molar-refractivity contribution in [2.75, 3.05) is 27.4 Å². The van der Waals surface area contributed by atoms with Crippen LogP contribution in [0.15, 0.2) is 0 Å². The van der Waals surface area contributed by atoms with Crippen molar-refractivity contribution in [2.45, 2.75) is 24.6 Å². The number of rotatable bonds is 5. The van der Waals surface area contributed by atoms with Crippen molar-refractivity contribution in [1.29, 1.82) is 0 Å². The minimum absolute atomic E-state index is 0.0951. The summed E-state index contributed by atoms with van der Waals surface area (Å²) in [4.78, 5) is 0. The molecule has 0 spiro atoms. The fourth-order valence-electron chi connectivity index (χ4n) is 1.56. The van der Waals surface area contributed by atoms with Crippen LogP contribution in [0.4, 0.5) is 0 Å². The van der Waals surface area contributed by atoms with Crippen LogP contribution < -0.4 is 0 Å². The average Bonchev–Trinajstić information content (AvgIpc) is 2.52. The summed E-state index contributed by atoms with van der Waals surface area (Å²) in [5.74, 6) is 2.31. The van der Waals surface area contributed by atoms with E-state index in [0.29, 0.717) is 6.61 Å². The standard InChI is InChI=1S/C10H16O5/c1-4-5-14-10-8(11)9(13-3)7(15-10)6-12-2/h1,7-11H,5-6H2,2-3H3. The number of terminal acetylenes is 1. The summed E-state index contributed by atoms with van der Waals surface area (Å²) in [5, 5.41) is 9.77. The Morgan fingerprint density at radius 2 is 2.20 bits per heavy atom. The van der Waals surface area contributed by atoms with Gasteiger partial charge in [-0.25, -0.2) is 0 Å². The van der Waals surface area contributed by atoms with E-state index in [0.717, 1.165) is 0 Å². The summed E-state index contributed by atoms with van der Waals surface area (Å²) < 4.78 is 20.6. The smallest absolute Gasteiger partial charge is 0.187 e. The molecule has 0 aromatic rings. The van der Waals surface area contributed by atoms with Gasteiger partial charge in [-0.2, -0.15) is 0 Å². The predicted octanol–water partition coefficient (Wildman–Crippen LogP) is -0.617. The maximum Gasteiger partial charge on any atom is 0.187 e. The third kappa shape index (κ3) is 2.91. The Kier molecular flexibility index (Phi) is 5.02. The van der Waals surface area contributed by atoms with Crippen molar-refractivity contribution in [3.05, 3.63) is 0 Å². The van der Waals surface area contributed by atoms with Gasteiger partial charge in [-0.15, -0.1) is 6.42 Å². The zero-order valence-corrected chi connectivity index (χ0v) is 8.88. The molecule has 0 amide bonds. The number of methoxy groups -OCH3 is 2. The topological polar surface area (TPSA) is 57.2 Å². The zero-order valence-electron chi connectivity index (χ0n) is 8.88. The highest BCUT2D eigenvalue weighted by Crippen LogP contribution is 2.24. The van der Waals surface area contributed by atoms with Crippen molar-refractivity contribution in [3.63, 3.8) is 0 Å². The normalized spacial score (nSPS) is 35.3. The van der Waals surface area contributed by atoms with Crippen LogP contribution in [-0.2, 0) is 18.9 Å². The Labute approximate surface area is 89.3 Å². The third-order valence-corrected chi connectivity index (χ3v) is 2.22. The largest absolute Gasteiger partial charge is 0.385 e. The van der Waals surface area contributed by atoms with Crippen LogP contribution in [0.5, 0.6) is 0 Å². The van der Waals surface area contributed by atoms with Crippen LogP contribution >= 0.6 is 0 Å². The molecule has 1 aliphatic rings. The zero-order chi connectivity index (χ0) is 11.3. The molecule has 5 heteroatoms. The summed E-state index contributed by atoms with van der Waals surface area (Å²) in [6, 6.07) is 0. The van der Waals surface area contributed by atoms with Gasteiger partial charge < -0.3 is 24.1 Å². The number of hydrogen-bond acceptors (Lipinski definition) is 5. The lowest BCUT2D eigenvalue weighted by Gasteiger charge is -2.17. The van der Waals surface area contributed by atoms with Gasteiger partial charge in [0.25, 0.3) is 0 Å². The van der Waals surface area contributed by atoms with Gasteiger partial charge in [0.1, 0.15) is 24.9 Å². The highest BCUT2D eigenvalue weighted by Gasteiger charge is 2.44. The molecule has 86 valence electrons. The summed E-state index contributed by atoms with van der Waals surface area (Å²) in [5.41, 5.74) is 0.